The second kappa shape index (κ2) is 6.97. The lowest BCUT2D eigenvalue weighted by Gasteiger charge is -2.02. The maximum Gasteiger partial charge on any atom is 0.600 e. The average Bonchev–Trinajstić information content (AvgIpc) is 2.62. The monoisotopic (exact) mass is 354 g/mol. The van der Waals surface area contributed by atoms with Gasteiger partial charge in [0.05, 0.1) is 20.6 Å². The normalized spacial score (nSPS) is 13.2. The van der Waals surface area contributed by atoms with Crippen LogP contribution in [0.4, 0.5) is 13.2 Å². The van der Waals surface area contributed by atoms with Crippen LogP contribution in [-0.2, 0) is 22.0 Å². The highest BCUT2D eigenvalue weighted by atomic mass is 32.2. The van der Waals surface area contributed by atoms with Crippen molar-refractivity contribution >= 4 is 30.7 Å². The molecule has 1 atom stereocenters. The van der Waals surface area contributed by atoms with Crippen LogP contribution in [0.5, 0.6) is 0 Å². The Morgan fingerprint density at radius 1 is 1.23 bits per heavy atom. The van der Waals surface area contributed by atoms with Crippen LogP contribution in [0.15, 0.2) is 30.3 Å². The van der Waals surface area contributed by atoms with E-state index in [2.05, 4.69) is 0 Å². The molecule has 0 aliphatic heterocycles. The quantitative estimate of drug-likeness (QED) is 0.592. The van der Waals surface area contributed by atoms with Crippen LogP contribution in [0, 0.1) is 5.92 Å². The Labute approximate surface area is 130 Å². The van der Waals surface area contributed by atoms with E-state index >= 15 is 0 Å². The highest BCUT2D eigenvalue weighted by molar-refractivity contribution is 7.84. The van der Waals surface area contributed by atoms with E-state index in [0.29, 0.717) is 22.3 Å². The number of rotatable bonds is 2. The van der Waals surface area contributed by atoms with E-state index in [9.17, 15) is 13.2 Å². The Kier molecular flexibility index (Phi) is 6.00. The summed E-state index contributed by atoms with van der Waals surface area (Å²) in [5, 5.41) is 0.726. The molecule has 0 bridgehead atoms. The van der Waals surface area contributed by atoms with Crippen molar-refractivity contribution < 1.29 is 26.1 Å². The van der Waals surface area contributed by atoms with Gasteiger partial charge in [0.1, 0.15) is 0 Å². The van der Waals surface area contributed by atoms with E-state index in [4.69, 9.17) is 13.0 Å². The molecule has 0 aliphatic carbocycles. The van der Waals surface area contributed by atoms with Crippen LogP contribution >= 0.6 is 10.5 Å². The molecule has 8 heteroatoms. The molecule has 3 nitrogen and oxygen atoms in total. The van der Waals surface area contributed by atoms with Gasteiger partial charge < -0.3 is 4.55 Å². The maximum absolute atomic E-state index is 13.1. The summed E-state index contributed by atoms with van der Waals surface area (Å²) in [4.78, 5) is 0.522. The minimum Gasteiger partial charge on any atom is -0.748 e. The molecule has 0 N–H and O–H groups in total. The molecule has 22 heavy (non-hydrogen) atoms. The molecule has 0 aliphatic rings. The van der Waals surface area contributed by atoms with Crippen molar-refractivity contribution in [3.8, 4) is 0 Å². The number of hydrogen-bond acceptors (Lipinski definition) is 3. The number of benzene rings is 1. The average molecular weight is 354 g/mol. The minimum absolute atomic E-state index is 0.243. The maximum atomic E-state index is 13.1. The summed E-state index contributed by atoms with van der Waals surface area (Å²) < 4.78 is 67.0. The van der Waals surface area contributed by atoms with Gasteiger partial charge in [0.15, 0.2) is 9.58 Å². The van der Waals surface area contributed by atoms with Crippen molar-refractivity contribution in [2.24, 2.45) is 5.92 Å². The molecule has 0 radical (unpaired) electrons. The Hall–Kier alpha value is -1.12. The van der Waals surface area contributed by atoms with Crippen molar-refractivity contribution in [3.05, 3.63) is 35.2 Å². The van der Waals surface area contributed by atoms with E-state index in [1.54, 1.807) is 30.3 Å². The standard InChI is InChI=1S/C13H14F3S.CH4O3S/c1-9(2)7-11-8-10-5-3-4-6-12(10)17(11)13(14,15)16;1-5(2,3)4/h3-6,8-9H,7H2,1-2H3;1H3,(H,2,3,4)/q+1;/p-1. The summed E-state index contributed by atoms with van der Waals surface area (Å²) in [5.41, 5.74) is -4.16. The first-order valence-electron chi connectivity index (χ1n) is 6.41. The van der Waals surface area contributed by atoms with E-state index < -0.39 is 26.1 Å². The molecule has 124 valence electrons. The van der Waals surface area contributed by atoms with E-state index in [0.717, 1.165) is 5.39 Å². The first-order chi connectivity index (χ1) is 9.89. The molecule has 1 unspecified atom stereocenters. The van der Waals surface area contributed by atoms with Gasteiger partial charge in [-0.05, 0) is 18.1 Å². The zero-order chi connectivity index (χ0) is 17.1. The summed E-state index contributed by atoms with van der Waals surface area (Å²) in [7, 11) is -5.63. The molecular weight excluding hydrogens is 337 g/mol. The van der Waals surface area contributed by atoms with Crippen LogP contribution in [0.1, 0.15) is 18.7 Å². The summed E-state index contributed by atoms with van der Waals surface area (Å²) in [6, 6.07) is 8.53. The molecule has 0 spiro atoms. The third-order valence-corrected chi connectivity index (χ3v) is 4.64. The van der Waals surface area contributed by atoms with E-state index in [1.165, 1.54) is 0 Å². The van der Waals surface area contributed by atoms with Crippen LogP contribution in [0.2, 0.25) is 0 Å². The summed E-state index contributed by atoms with van der Waals surface area (Å²) in [5.74, 6) is 0.243. The second-order valence-corrected chi connectivity index (χ2v) is 8.65. The number of fused-ring (bicyclic) bond motifs is 1. The van der Waals surface area contributed by atoms with Crippen molar-refractivity contribution in [2.75, 3.05) is 6.26 Å². The molecule has 1 aromatic heterocycles. The third-order valence-electron chi connectivity index (χ3n) is 2.56. The van der Waals surface area contributed by atoms with Gasteiger partial charge in [0.25, 0.3) is 0 Å². The Bertz CT molecular complexity index is 723. The molecule has 2 aromatic rings. The number of hydrogen-bond donors (Lipinski definition) is 0. The number of thiophene rings is 1. The second-order valence-electron chi connectivity index (χ2n) is 5.20. The molecular formula is C14H17F3O3S2. The highest BCUT2D eigenvalue weighted by Crippen LogP contribution is 2.51. The van der Waals surface area contributed by atoms with Gasteiger partial charge in [-0.3, -0.25) is 0 Å². The third kappa shape index (κ3) is 5.94. The van der Waals surface area contributed by atoms with Gasteiger partial charge in [-0.25, -0.2) is 8.42 Å². The smallest absolute Gasteiger partial charge is 0.600 e. The first kappa shape index (κ1) is 18.9. The van der Waals surface area contributed by atoms with Gasteiger partial charge in [0.2, 0.25) is 0 Å². The molecule has 2 rings (SSSR count). The van der Waals surface area contributed by atoms with E-state index in [-0.39, 0.29) is 5.92 Å². The van der Waals surface area contributed by atoms with Crippen LogP contribution in [0.25, 0.3) is 10.1 Å². The largest absolute Gasteiger partial charge is 0.748 e. The highest BCUT2D eigenvalue weighted by Gasteiger charge is 2.47. The van der Waals surface area contributed by atoms with Gasteiger partial charge >= 0.3 is 5.51 Å². The minimum atomic E-state index is -4.16. The fourth-order valence-corrected chi connectivity index (χ4v) is 4.13. The fraction of sp³-hybridized carbons (Fsp3) is 0.429. The van der Waals surface area contributed by atoms with Crippen molar-refractivity contribution in [1.29, 1.82) is 0 Å². The van der Waals surface area contributed by atoms with Crippen molar-refractivity contribution in [2.45, 2.75) is 25.8 Å². The Balaban J connectivity index is 0.000000422. The molecule has 0 fully saturated rings. The van der Waals surface area contributed by atoms with Gasteiger partial charge in [-0.1, -0.05) is 26.0 Å². The molecule has 0 saturated carbocycles. The molecule has 1 aromatic carbocycles. The zero-order valence-corrected chi connectivity index (χ0v) is 14.0. The summed E-state index contributed by atoms with van der Waals surface area (Å²) in [6.07, 6.45) is 1.12. The SMILES string of the molecule is CC(C)Cc1cc2ccccc2[s+]1C(F)(F)F.CS(=O)(=O)[O-]. The van der Waals surface area contributed by atoms with Gasteiger partial charge in [-0.15, -0.1) is 13.2 Å². The van der Waals surface area contributed by atoms with Crippen LogP contribution in [-0.4, -0.2) is 19.2 Å². The van der Waals surface area contributed by atoms with Gasteiger partial charge in [0, 0.05) is 24.1 Å². The van der Waals surface area contributed by atoms with Crippen molar-refractivity contribution in [3.63, 3.8) is 0 Å². The molecule has 0 saturated heterocycles. The predicted molar refractivity (Wildman–Crippen MR) is 81.9 cm³/mol. The predicted octanol–water partition coefficient (Wildman–Crippen LogP) is 4.43. The molecule has 0 amide bonds. The summed E-state index contributed by atoms with van der Waals surface area (Å²) in [6.45, 7) is 3.89. The van der Waals surface area contributed by atoms with Crippen molar-refractivity contribution in [1.82, 2.24) is 0 Å². The summed E-state index contributed by atoms with van der Waals surface area (Å²) >= 11 is 0. The fourth-order valence-electron chi connectivity index (χ4n) is 1.98. The van der Waals surface area contributed by atoms with Crippen LogP contribution < -0.4 is 0 Å². The lowest BCUT2D eigenvalue weighted by atomic mass is 10.1. The van der Waals surface area contributed by atoms with E-state index in [1.807, 2.05) is 13.8 Å². The van der Waals surface area contributed by atoms with Gasteiger partial charge in [-0.2, -0.15) is 0 Å². The number of alkyl halides is 3. The van der Waals surface area contributed by atoms with Crippen LogP contribution in [0.3, 0.4) is 0 Å². The topological polar surface area (TPSA) is 57.2 Å². The zero-order valence-electron chi connectivity index (χ0n) is 12.3. The number of halogens is 3. The lowest BCUT2D eigenvalue weighted by Crippen LogP contribution is -2.00. The molecule has 1 heterocycles. The first-order valence-corrected chi connectivity index (χ1v) is 9.45. The Morgan fingerprint density at radius 2 is 1.73 bits per heavy atom. The Morgan fingerprint density at radius 3 is 2.18 bits per heavy atom. The lowest BCUT2D eigenvalue weighted by molar-refractivity contribution is -0.0867.